The first-order valence-corrected chi connectivity index (χ1v) is 7.06. The Morgan fingerprint density at radius 3 is 2.85 bits per heavy atom. The molecule has 0 aromatic carbocycles. The second kappa shape index (κ2) is 8.58. The van der Waals surface area contributed by atoms with Gasteiger partial charge in [-0.15, -0.1) is 0 Å². The third-order valence-electron chi connectivity index (χ3n) is 3.39. The zero-order valence-corrected chi connectivity index (χ0v) is 12.2. The predicted molar refractivity (Wildman–Crippen MR) is 75.1 cm³/mol. The lowest BCUT2D eigenvalue weighted by Crippen LogP contribution is -2.49. The fraction of sp³-hybridized carbons (Fsp3) is 0.714. The van der Waals surface area contributed by atoms with Crippen molar-refractivity contribution < 1.29 is 19.4 Å². The van der Waals surface area contributed by atoms with Crippen LogP contribution in [-0.2, 0) is 9.53 Å². The van der Waals surface area contributed by atoms with Crippen LogP contribution in [0, 0.1) is 5.92 Å². The van der Waals surface area contributed by atoms with Crippen LogP contribution in [0.5, 0.6) is 0 Å². The monoisotopic (exact) mass is 284 g/mol. The first-order chi connectivity index (χ1) is 9.58. The minimum atomic E-state index is -0.611. The van der Waals surface area contributed by atoms with Crippen LogP contribution >= 0.6 is 0 Å². The van der Waals surface area contributed by atoms with Crippen molar-refractivity contribution in [2.45, 2.75) is 32.8 Å². The number of nitrogens with zero attached hydrogens (tertiary/aromatic N) is 1. The van der Waals surface area contributed by atoms with E-state index in [1.807, 2.05) is 19.1 Å². The van der Waals surface area contributed by atoms with Crippen LogP contribution < -0.4 is 5.32 Å². The third-order valence-corrected chi connectivity index (χ3v) is 3.39. The first-order valence-electron chi connectivity index (χ1n) is 7.06. The molecule has 1 aliphatic rings. The van der Waals surface area contributed by atoms with Gasteiger partial charge in [0, 0.05) is 32.0 Å². The zero-order chi connectivity index (χ0) is 15.0. The molecule has 0 bridgehead atoms. The summed E-state index contributed by atoms with van der Waals surface area (Å²) in [6, 6.07) is 0. The summed E-state index contributed by atoms with van der Waals surface area (Å²) in [4.78, 5) is 24.7. The number of carbonyl (C=O) groups excluding carboxylic acids is 2. The SMILES string of the molecule is C/C=C/CC(=O)N1CC[C@@H](CNC(=O)OCC)[C@H](O)C1. The molecule has 2 amide bonds. The van der Waals surface area contributed by atoms with E-state index in [0.717, 1.165) is 0 Å². The number of β-amino-alcohol motifs (C(OH)–C–C–N with tert-alkyl or cyclic N) is 1. The van der Waals surface area contributed by atoms with E-state index in [4.69, 9.17) is 4.74 Å². The molecule has 0 aliphatic carbocycles. The van der Waals surface area contributed by atoms with E-state index in [-0.39, 0.29) is 11.8 Å². The van der Waals surface area contributed by atoms with E-state index in [0.29, 0.717) is 39.1 Å². The van der Waals surface area contributed by atoms with Gasteiger partial charge < -0.3 is 20.1 Å². The van der Waals surface area contributed by atoms with Crippen LogP contribution in [0.1, 0.15) is 26.7 Å². The second-order valence-corrected chi connectivity index (χ2v) is 4.83. The van der Waals surface area contributed by atoms with E-state index >= 15 is 0 Å². The first kappa shape index (κ1) is 16.5. The fourth-order valence-electron chi connectivity index (χ4n) is 2.19. The molecular weight excluding hydrogens is 260 g/mol. The van der Waals surface area contributed by atoms with Gasteiger partial charge in [-0.25, -0.2) is 4.79 Å². The number of piperidine rings is 1. The lowest BCUT2D eigenvalue weighted by atomic mass is 9.93. The highest BCUT2D eigenvalue weighted by Crippen LogP contribution is 2.18. The molecule has 0 saturated carbocycles. The van der Waals surface area contributed by atoms with Crippen LogP contribution in [0.15, 0.2) is 12.2 Å². The summed E-state index contributed by atoms with van der Waals surface area (Å²) >= 11 is 0. The van der Waals surface area contributed by atoms with Gasteiger partial charge in [-0.2, -0.15) is 0 Å². The molecule has 2 N–H and O–H groups in total. The van der Waals surface area contributed by atoms with Gasteiger partial charge in [-0.3, -0.25) is 4.79 Å². The Morgan fingerprint density at radius 1 is 1.50 bits per heavy atom. The van der Waals surface area contributed by atoms with E-state index in [9.17, 15) is 14.7 Å². The van der Waals surface area contributed by atoms with Crippen LogP contribution in [0.3, 0.4) is 0 Å². The number of alkyl carbamates (subject to hydrolysis) is 1. The molecular formula is C14H24N2O4. The molecule has 0 aromatic heterocycles. The Morgan fingerprint density at radius 2 is 2.25 bits per heavy atom. The highest BCUT2D eigenvalue weighted by Gasteiger charge is 2.29. The van der Waals surface area contributed by atoms with Crippen molar-refractivity contribution in [3.63, 3.8) is 0 Å². The average molecular weight is 284 g/mol. The third kappa shape index (κ3) is 5.21. The van der Waals surface area contributed by atoms with Gasteiger partial charge in [-0.05, 0) is 20.3 Å². The standard InChI is InChI=1S/C14H24N2O4/c1-3-5-6-13(18)16-8-7-11(12(17)10-16)9-15-14(19)20-4-2/h3,5,11-12,17H,4,6-10H2,1-2H3,(H,15,19)/b5-3+/t11-,12+/m0/s1. The summed E-state index contributed by atoms with van der Waals surface area (Å²) in [7, 11) is 0. The number of allylic oxidation sites excluding steroid dienone is 1. The maximum absolute atomic E-state index is 11.8. The van der Waals surface area contributed by atoms with Gasteiger partial charge in [0.15, 0.2) is 0 Å². The van der Waals surface area contributed by atoms with Crippen LogP contribution in [0.25, 0.3) is 0 Å². The Kier molecular flexibility index (Phi) is 7.08. The minimum absolute atomic E-state index is 0.0268. The van der Waals surface area contributed by atoms with Gasteiger partial charge in [0.05, 0.1) is 12.7 Å². The minimum Gasteiger partial charge on any atom is -0.450 e. The molecule has 0 radical (unpaired) electrons. The number of amides is 2. The Hall–Kier alpha value is -1.56. The van der Waals surface area contributed by atoms with Gasteiger partial charge in [0.25, 0.3) is 0 Å². The van der Waals surface area contributed by atoms with Crippen molar-refractivity contribution in [2.24, 2.45) is 5.92 Å². The van der Waals surface area contributed by atoms with Gasteiger partial charge in [0.2, 0.25) is 5.91 Å². The number of hydrogen-bond acceptors (Lipinski definition) is 4. The summed E-state index contributed by atoms with van der Waals surface area (Å²) in [5, 5.41) is 12.7. The maximum atomic E-state index is 11.8. The molecule has 114 valence electrons. The molecule has 1 heterocycles. The summed E-state index contributed by atoms with van der Waals surface area (Å²) in [5.74, 6) is -0.0101. The second-order valence-electron chi connectivity index (χ2n) is 4.83. The van der Waals surface area contributed by atoms with E-state index in [1.54, 1.807) is 11.8 Å². The lowest BCUT2D eigenvalue weighted by molar-refractivity contribution is -0.134. The molecule has 0 spiro atoms. The van der Waals surface area contributed by atoms with Crippen molar-refractivity contribution in [3.8, 4) is 0 Å². The number of rotatable bonds is 5. The highest BCUT2D eigenvalue weighted by molar-refractivity contribution is 5.77. The molecule has 1 saturated heterocycles. The van der Waals surface area contributed by atoms with Crippen molar-refractivity contribution in [1.29, 1.82) is 0 Å². The van der Waals surface area contributed by atoms with Crippen molar-refractivity contribution in [3.05, 3.63) is 12.2 Å². The van der Waals surface area contributed by atoms with Crippen molar-refractivity contribution in [1.82, 2.24) is 10.2 Å². The zero-order valence-electron chi connectivity index (χ0n) is 12.2. The van der Waals surface area contributed by atoms with E-state index < -0.39 is 12.2 Å². The normalized spacial score (nSPS) is 22.9. The average Bonchev–Trinajstić information content (AvgIpc) is 2.43. The number of nitrogens with one attached hydrogen (secondary N) is 1. The molecule has 1 fully saturated rings. The van der Waals surface area contributed by atoms with Gasteiger partial charge in [-0.1, -0.05) is 12.2 Å². The highest BCUT2D eigenvalue weighted by atomic mass is 16.5. The molecule has 6 heteroatoms. The number of ether oxygens (including phenoxy) is 1. The number of aliphatic hydroxyl groups is 1. The van der Waals surface area contributed by atoms with E-state index in [2.05, 4.69) is 5.32 Å². The number of carbonyl (C=O) groups is 2. The predicted octanol–water partition coefficient (Wildman–Crippen LogP) is 0.908. The number of hydrogen-bond donors (Lipinski definition) is 2. The molecule has 6 nitrogen and oxygen atoms in total. The molecule has 0 aromatic rings. The number of likely N-dealkylation sites (tertiary alicyclic amines) is 1. The molecule has 0 unspecified atom stereocenters. The summed E-state index contributed by atoms with van der Waals surface area (Å²) in [6.07, 6.45) is 3.61. The van der Waals surface area contributed by atoms with E-state index in [1.165, 1.54) is 0 Å². The Balaban J connectivity index is 2.35. The topological polar surface area (TPSA) is 78.9 Å². The molecule has 1 rings (SSSR count). The van der Waals surface area contributed by atoms with Gasteiger partial charge >= 0.3 is 6.09 Å². The summed E-state index contributed by atoms with van der Waals surface area (Å²) < 4.78 is 4.77. The van der Waals surface area contributed by atoms with Crippen molar-refractivity contribution >= 4 is 12.0 Å². The van der Waals surface area contributed by atoms with Crippen molar-refractivity contribution in [2.75, 3.05) is 26.2 Å². The van der Waals surface area contributed by atoms with Crippen LogP contribution in [0.4, 0.5) is 4.79 Å². The Labute approximate surface area is 119 Å². The quantitative estimate of drug-likeness (QED) is 0.735. The molecule has 1 aliphatic heterocycles. The summed E-state index contributed by atoms with van der Waals surface area (Å²) in [5.41, 5.74) is 0. The van der Waals surface area contributed by atoms with Gasteiger partial charge in [0.1, 0.15) is 0 Å². The molecule has 2 atom stereocenters. The van der Waals surface area contributed by atoms with Crippen LogP contribution in [0.2, 0.25) is 0 Å². The van der Waals surface area contributed by atoms with Crippen LogP contribution in [-0.4, -0.2) is 54.4 Å². The Bertz CT molecular complexity index is 357. The largest absolute Gasteiger partial charge is 0.450 e. The summed E-state index contributed by atoms with van der Waals surface area (Å²) in [6.45, 7) is 5.25. The molecule has 20 heavy (non-hydrogen) atoms. The smallest absolute Gasteiger partial charge is 0.407 e. The lowest BCUT2D eigenvalue weighted by Gasteiger charge is -2.35. The number of aliphatic hydroxyl groups excluding tert-OH is 1. The fourth-order valence-corrected chi connectivity index (χ4v) is 2.19. The maximum Gasteiger partial charge on any atom is 0.407 e.